The van der Waals surface area contributed by atoms with Gasteiger partial charge in [-0.1, -0.05) is 6.07 Å². The van der Waals surface area contributed by atoms with Gasteiger partial charge in [-0.05, 0) is 38.5 Å². The molecule has 1 aromatic carbocycles. The number of rotatable bonds is 5. The Labute approximate surface area is 116 Å². The number of carbonyl (C=O) groups excluding carboxylic acids is 1. The van der Waals surface area contributed by atoms with Gasteiger partial charge in [0.25, 0.3) is 0 Å². The molecule has 1 amide bonds. The molecule has 0 atom stereocenters. The molecular formula is C15H25N3O. The topological polar surface area (TPSA) is 35.6 Å². The highest BCUT2D eigenvalue weighted by atomic mass is 16.2. The molecule has 0 aliphatic carbocycles. The Morgan fingerprint density at radius 1 is 1.26 bits per heavy atom. The van der Waals surface area contributed by atoms with E-state index in [2.05, 4.69) is 29.3 Å². The monoisotopic (exact) mass is 263 g/mol. The fourth-order valence-corrected chi connectivity index (χ4v) is 1.79. The molecule has 0 unspecified atom stereocenters. The van der Waals surface area contributed by atoms with Crippen LogP contribution >= 0.6 is 0 Å². The van der Waals surface area contributed by atoms with Crippen molar-refractivity contribution in [3.8, 4) is 0 Å². The van der Waals surface area contributed by atoms with Gasteiger partial charge in [-0.3, -0.25) is 4.79 Å². The first-order valence-electron chi connectivity index (χ1n) is 6.60. The van der Waals surface area contributed by atoms with Crippen LogP contribution in [0.1, 0.15) is 19.4 Å². The predicted octanol–water partition coefficient (Wildman–Crippen LogP) is 2.34. The van der Waals surface area contributed by atoms with E-state index in [1.54, 1.807) is 4.90 Å². The number of anilines is 2. The van der Waals surface area contributed by atoms with Crippen LogP contribution in [0, 0.1) is 6.92 Å². The third-order valence-electron chi connectivity index (χ3n) is 3.30. The van der Waals surface area contributed by atoms with Crippen LogP contribution in [0.2, 0.25) is 0 Å². The number of hydrogen-bond acceptors (Lipinski definition) is 3. The molecule has 1 rings (SSSR count). The summed E-state index contributed by atoms with van der Waals surface area (Å²) < 4.78 is 0. The third kappa shape index (κ3) is 4.16. The Bertz CT molecular complexity index is 441. The fraction of sp³-hybridized carbons (Fsp3) is 0.533. The minimum absolute atomic E-state index is 0.0991. The van der Waals surface area contributed by atoms with Gasteiger partial charge >= 0.3 is 0 Å². The Hall–Kier alpha value is -1.71. The van der Waals surface area contributed by atoms with Crippen molar-refractivity contribution < 1.29 is 4.79 Å². The first-order valence-corrected chi connectivity index (χ1v) is 6.60. The maximum Gasteiger partial charge on any atom is 0.241 e. The van der Waals surface area contributed by atoms with Crippen molar-refractivity contribution in [1.82, 2.24) is 4.90 Å². The molecule has 0 fully saturated rings. The van der Waals surface area contributed by atoms with E-state index in [0.717, 1.165) is 11.4 Å². The first kappa shape index (κ1) is 15.3. The summed E-state index contributed by atoms with van der Waals surface area (Å²) in [5, 5.41) is 3.18. The molecule has 0 spiro atoms. The highest BCUT2D eigenvalue weighted by Crippen LogP contribution is 2.22. The van der Waals surface area contributed by atoms with Gasteiger partial charge in [0.2, 0.25) is 5.91 Å². The second kappa shape index (κ2) is 6.45. The van der Waals surface area contributed by atoms with Crippen molar-refractivity contribution in [3.63, 3.8) is 0 Å². The SMILES string of the molecule is Cc1ccc(NCC(=O)N(C)C(C)C)cc1N(C)C. The van der Waals surface area contributed by atoms with Gasteiger partial charge in [-0.25, -0.2) is 0 Å². The van der Waals surface area contributed by atoms with Gasteiger partial charge < -0.3 is 15.1 Å². The Balaban J connectivity index is 2.69. The molecule has 0 aliphatic rings. The molecule has 0 radical (unpaired) electrons. The molecule has 4 heteroatoms. The standard InChI is InChI=1S/C15H25N3O/c1-11(2)18(6)15(19)10-16-13-8-7-12(3)14(9-13)17(4)5/h7-9,11,16H,10H2,1-6H3. The lowest BCUT2D eigenvalue weighted by molar-refractivity contribution is -0.129. The van der Waals surface area contributed by atoms with Crippen molar-refractivity contribution in [1.29, 1.82) is 0 Å². The Morgan fingerprint density at radius 2 is 1.89 bits per heavy atom. The van der Waals surface area contributed by atoms with Crippen LogP contribution in [-0.4, -0.2) is 44.5 Å². The number of likely N-dealkylation sites (N-methyl/N-ethyl adjacent to an activating group) is 1. The molecule has 0 saturated carbocycles. The van der Waals surface area contributed by atoms with E-state index >= 15 is 0 Å². The molecule has 19 heavy (non-hydrogen) atoms. The van der Waals surface area contributed by atoms with Crippen molar-refractivity contribution in [2.24, 2.45) is 0 Å². The number of nitrogens with one attached hydrogen (secondary N) is 1. The number of benzene rings is 1. The summed E-state index contributed by atoms with van der Waals surface area (Å²) >= 11 is 0. The fourth-order valence-electron chi connectivity index (χ4n) is 1.79. The van der Waals surface area contributed by atoms with Gasteiger partial charge in [-0.2, -0.15) is 0 Å². The molecular weight excluding hydrogens is 238 g/mol. The van der Waals surface area contributed by atoms with Crippen LogP contribution in [0.15, 0.2) is 18.2 Å². The first-order chi connectivity index (χ1) is 8.82. The van der Waals surface area contributed by atoms with Crippen LogP contribution in [0.3, 0.4) is 0 Å². The number of aryl methyl sites for hydroxylation is 1. The molecule has 0 aliphatic heterocycles. The highest BCUT2D eigenvalue weighted by molar-refractivity contribution is 5.81. The second-order valence-electron chi connectivity index (χ2n) is 5.35. The number of carbonyl (C=O) groups is 1. The number of amides is 1. The summed E-state index contributed by atoms with van der Waals surface area (Å²) in [5.41, 5.74) is 3.36. The van der Waals surface area contributed by atoms with E-state index in [1.165, 1.54) is 5.56 Å². The second-order valence-corrected chi connectivity index (χ2v) is 5.35. The van der Waals surface area contributed by atoms with Crippen molar-refractivity contribution >= 4 is 17.3 Å². The van der Waals surface area contributed by atoms with Crippen LogP contribution in [0.4, 0.5) is 11.4 Å². The maximum absolute atomic E-state index is 11.9. The van der Waals surface area contributed by atoms with E-state index < -0.39 is 0 Å². The minimum Gasteiger partial charge on any atom is -0.377 e. The average molecular weight is 263 g/mol. The molecule has 0 heterocycles. The zero-order valence-electron chi connectivity index (χ0n) is 12.8. The van der Waals surface area contributed by atoms with Gasteiger partial charge in [0.15, 0.2) is 0 Å². The van der Waals surface area contributed by atoms with E-state index in [0.29, 0.717) is 6.54 Å². The Kier molecular flexibility index (Phi) is 5.21. The summed E-state index contributed by atoms with van der Waals surface area (Å²) in [4.78, 5) is 15.7. The van der Waals surface area contributed by atoms with E-state index in [-0.39, 0.29) is 11.9 Å². The predicted molar refractivity (Wildman–Crippen MR) is 81.9 cm³/mol. The Morgan fingerprint density at radius 3 is 2.42 bits per heavy atom. The highest BCUT2D eigenvalue weighted by Gasteiger charge is 2.11. The van der Waals surface area contributed by atoms with Crippen LogP contribution in [0.25, 0.3) is 0 Å². The summed E-state index contributed by atoms with van der Waals surface area (Å²) in [5.74, 6) is 0.0991. The maximum atomic E-state index is 11.9. The summed E-state index contributed by atoms with van der Waals surface area (Å²) in [6.45, 7) is 6.42. The van der Waals surface area contributed by atoms with E-state index in [1.807, 2.05) is 41.1 Å². The largest absolute Gasteiger partial charge is 0.377 e. The van der Waals surface area contributed by atoms with Crippen molar-refractivity contribution in [3.05, 3.63) is 23.8 Å². The lowest BCUT2D eigenvalue weighted by Crippen LogP contribution is -2.37. The minimum atomic E-state index is 0.0991. The molecule has 4 nitrogen and oxygen atoms in total. The average Bonchev–Trinajstić information content (AvgIpc) is 2.35. The number of hydrogen-bond donors (Lipinski definition) is 1. The van der Waals surface area contributed by atoms with Gasteiger partial charge in [0.05, 0.1) is 6.54 Å². The lowest BCUT2D eigenvalue weighted by Gasteiger charge is -2.22. The normalized spacial score (nSPS) is 10.5. The van der Waals surface area contributed by atoms with Gasteiger partial charge in [-0.15, -0.1) is 0 Å². The summed E-state index contributed by atoms with van der Waals surface area (Å²) in [6.07, 6.45) is 0. The summed E-state index contributed by atoms with van der Waals surface area (Å²) in [6, 6.07) is 6.36. The van der Waals surface area contributed by atoms with Crippen molar-refractivity contribution in [2.75, 3.05) is 37.9 Å². The number of nitrogens with zero attached hydrogens (tertiary/aromatic N) is 2. The van der Waals surface area contributed by atoms with E-state index in [4.69, 9.17) is 0 Å². The van der Waals surface area contributed by atoms with Crippen LogP contribution in [0.5, 0.6) is 0 Å². The zero-order chi connectivity index (χ0) is 14.6. The summed E-state index contributed by atoms with van der Waals surface area (Å²) in [7, 11) is 5.86. The van der Waals surface area contributed by atoms with Crippen molar-refractivity contribution in [2.45, 2.75) is 26.8 Å². The lowest BCUT2D eigenvalue weighted by atomic mass is 10.1. The molecule has 106 valence electrons. The van der Waals surface area contributed by atoms with Gasteiger partial charge in [0, 0.05) is 38.6 Å². The smallest absolute Gasteiger partial charge is 0.241 e. The van der Waals surface area contributed by atoms with Crippen LogP contribution < -0.4 is 10.2 Å². The van der Waals surface area contributed by atoms with Gasteiger partial charge in [0.1, 0.15) is 0 Å². The van der Waals surface area contributed by atoms with Crippen LogP contribution in [-0.2, 0) is 4.79 Å². The molecule has 0 aromatic heterocycles. The third-order valence-corrected chi connectivity index (χ3v) is 3.30. The quantitative estimate of drug-likeness (QED) is 0.885. The molecule has 1 aromatic rings. The zero-order valence-corrected chi connectivity index (χ0v) is 12.8. The molecule has 0 saturated heterocycles. The van der Waals surface area contributed by atoms with E-state index in [9.17, 15) is 4.79 Å². The molecule has 0 bridgehead atoms. The molecule has 1 N–H and O–H groups in total.